The minimum absolute atomic E-state index is 0.529. The zero-order valence-corrected chi connectivity index (χ0v) is 9.34. The Labute approximate surface area is 84.5 Å². The summed E-state index contributed by atoms with van der Waals surface area (Å²) in [5.41, 5.74) is 0. The third kappa shape index (κ3) is 25.0. The Bertz CT molecular complexity index is 175. The number of hydrogen-bond acceptors (Lipinski definition) is 3. The quantitative estimate of drug-likeness (QED) is 0.361. The summed E-state index contributed by atoms with van der Waals surface area (Å²) < 4.78 is 28.3. The zero-order chi connectivity index (χ0) is 9.33. The summed E-state index contributed by atoms with van der Waals surface area (Å²) in [6.07, 6.45) is 1.94. The van der Waals surface area contributed by atoms with Gasteiger partial charge in [0.1, 0.15) is 0 Å². The van der Waals surface area contributed by atoms with Gasteiger partial charge in [-0.05, 0) is 0 Å². The van der Waals surface area contributed by atoms with Gasteiger partial charge in [-0.1, -0.05) is 0 Å². The van der Waals surface area contributed by atoms with Crippen molar-refractivity contribution in [1.82, 2.24) is 0 Å². The largest absolute Gasteiger partial charge is 0.395 e. The average Bonchev–Trinajstić information content (AvgIpc) is 1.86. The molecule has 62 valence electrons. The summed E-state index contributed by atoms with van der Waals surface area (Å²) in [7, 11) is -3.92. The molecule has 0 rings (SSSR count). The molecule has 0 bridgehead atoms. The molecule has 0 saturated heterocycles. The number of rotatable bonds is 3. The molecule has 0 atom stereocenters. The summed E-state index contributed by atoms with van der Waals surface area (Å²) in [6.45, 7) is 2.98. The minimum Gasteiger partial charge on any atom is -0.395 e. The van der Waals surface area contributed by atoms with E-state index in [0.29, 0.717) is 0 Å². The van der Waals surface area contributed by atoms with E-state index in [2.05, 4.69) is 6.58 Å². The summed E-state index contributed by atoms with van der Waals surface area (Å²) in [6, 6.07) is 0. The van der Waals surface area contributed by atoms with Crippen molar-refractivity contribution in [3.05, 3.63) is 12.7 Å². The number of aliphatic hydroxyl groups is 1. The molecule has 0 saturated carbocycles. The van der Waals surface area contributed by atoms with Crippen molar-refractivity contribution < 1.29 is 18.1 Å². The molecular weight excluding hydrogens is 179 g/mol. The Morgan fingerprint density at radius 1 is 1.55 bits per heavy atom. The van der Waals surface area contributed by atoms with Crippen molar-refractivity contribution in [2.75, 3.05) is 12.4 Å². The van der Waals surface area contributed by atoms with Crippen LogP contribution in [-0.2, 0) is 10.1 Å². The SMILES string of the molecule is C=C[CH2][Na].O=S(=O)(O)CCO. The maximum Gasteiger partial charge on any atom is 0.267 e. The van der Waals surface area contributed by atoms with Crippen molar-refractivity contribution in [2.24, 2.45) is 0 Å². The fourth-order valence-electron chi connectivity index (χ4n) is 0.115. The molecule has 2 N–H and O–H groups in total. The fraction of sp³-hybridized carbons (Fsp3) is 0.600. The molecular formula is C5H11NaO4S. The van der Waals surface area contributed by atoms with Gasteiger partial charge >= 0.3 is 44.3 Å². The number of aliphatic hydroxyl groups excluding tert-OH is 1. The van der Waals surface area contributed by atoms with Crippen molar-refractivity contribution >= 4 is 38.0 Å². The van der Waals surface area contributed by atoms with Gasteiger partial charge < -0.3 is 5.11 Å². The van der Waals surface area contributed by atoms with Gasteiger partial charge in [0.05, 0.1) is 12.4 Å². The maximum atomic E-state index is 9.63. The molecule has 0 aliphatic rings. The summed E-state index contributed by atoms with van der Waals surface area (Å²) in [4.78, 5) is 0. The van der Waals surface area contributed by atoms with Crippen LogP contribution >= 0.6 is 0 Å². The molecule has 0 unspecified atom stereocenters. The third-order valence-electron chi connectivity index (χ3n) is 0.638. The first-order chi connectivity index (χ1) is 4.97. The molecule has 0 radical (unpaired) electrons. The van der Waals surface area contributed by atoms with Gasteiger partial charge in [0, 0.05) is 0 Å². The second-order valence-electron chi connectivity index (χ2n) is 1.71. The number of hydrogen-bond donors (Lipinski definition) is 2. The van der Waals surface area contributed by atoms with Gasteiger partial charge in [0.25, 0.3) is 10.1 Å². The molecule has 4 nitrogen and oxygen atoms in total. The Balaban J connectivity index is 0. The Kier molecular flexibility index (Phi) is 11.2. The van der Waals surface area contributed by atoms with Gasteiger partial charge in [-0.15, -0.1) is 0 Å². The molecule has 0 heterocycles. The predicted octanol–water partition coefficient (Wildman–Crippen LogP) is -0.374. The van der Waals surface area contributed by atoms with Crippen LogP contribution < -0.4 is 0 Å². The first-order valence-corrected chi connectivity index (χ1v) is 6.17. The van der Waals surface area contributed by atoms with Crippen LogP contribution in [0.25, 0.3) is 0 Å². The first-order valence-electron chi connectivity index (χ1n) is 3.14. The van der Waals surface area contributed by atoms with E-state index in [1.54, 1.807) is 0 Å². The van der Waals surface area contributed by atoms with Crippen LogP contribution in [0.3, 0.4) is 0 Å². The van der Waals surface area contributed by atoms with E-state index in [1.165, 1.54) is 31.6 Å². The van der Waals surface area contributed by atoms with E-state index in [1.807, 2.05) is 6.08 Å². The molecule has 0 aromatic heterocycles. The van der Waals surface area contributed by atoms with Crippen LogP contribution in [0.15, 0.2) is 12.7 Å². The van der Waals surface area contributed by atoms with Gasteiger partial charge in [0.2, 0.25) is 0 Å². The van der Waals surface area contributed by atoms with Crippen molar-refractivity contribution in [3.8, 4) is 0 Å². The van der Waals surface area contributed by atoms with E-state index < -0.39 is 22.5 Å². The van der Waals surface area contributed by atoms with Crippen LogP contribution in [0.5, 0.6) is 0 Å². The van der Waals surface area contributed by atoms with Crippen molar-refractivity contribution in [1.29, 1.82) is 0 Å². The smallest absolute Gasteiger partial charge is 0.267 e. The molecule has 0 aliphatic carbocycles. The van der Waals surface area contributed by atoms with E-state index in [4.69, 9.17) is 9.66 Å². The van der Waals surface area contributed by atoms with Crippen LogP contribution in [-0.4, -0.2) is 58.4 Å². The van der Waals surface area contributed by atoms with Crippen LogP contribution in [0.1, 0.15) is 0 Å². The Morgan fingerprint density at radius 2 is 1.91 bits per heavy atom. The van der Waals surface area contributed by atoms with Gasteiger partial charge in [0.15, 0.2) is 0 Å². The van der Waals surface area contributed by atoms with Crippen LogP contribution in [0.2, 0.25) is 3.67 Å². The Hall–Kier alpha value is 0.610. The summed E-state index contributed by atoms with van der Waals surface area (Å²) in [5, 5.41) is 7.86. The predicted molar refractivity (Wildman–Crippen MR) is 44.3 cm³/mol. The minimum atomic E-state index is -3.92. The number of allylic oxidation sites excluding steroid dienone is 1. The molecule has 0 aliphatic heterocycles. The van der Waals surface area contributed by atoms with E-state index >= 15 is 0 Å². The van der Waals surface area contributed by atoms with Gasteiger partial charge in [-0.3, -0.25) is 4.55 Å². The summed E-state index contributed by atoms with van der Waals surface area (Å²) >= 11 is 1.27. The van der Waals surface area contributed by atoms with Crippen molar-refractivity contribution in [2.45, 2.75) is 3.67 Å². The average molecular weight is 190 g/mol. The first kappa shape index (κ1) is 14.2. The second kappa shape index (κ2) is 8.70. The topological polar surface area (TPSA) is 74.6 Å². The molecule has 0 amide bonds. The van der Waals surface area contributed by atoms with Crippen LogP contribution in [0, 0.1) is 0 Å². The summed E-state index contributed by atoms with van der Waals surface area (Å²) in [5.74, 6) is -0.576. The zero-order valence-electron chi connectivity index (χ0n) is 6.52. The second-order valence-corrected chi connectivity index (χ2v) is 4.10. The maximum absolute atomic E-state index is 9.63. The monoisotopic (exact) mass is 190 g/mol. The Morgan fingerprint density at radius 3 is 1.91 bits per heavy atom. The molecule has 0 spiro atoms. The third-order valence-corrected chi connectivity index (χ3v) is 1.91. The molecule has 0 aromatic carbocycles. The fourth-order valence-corrected chi connectivity index (χ4v) is 0.346. The van der Waals surface area contributed by atoms with Gasteiger partial charge in [-0.25, -0.2) is 0 Å². The van der Waals surface area contributed by atoms with Crippen molar-refractivity contribution in [3.63, 3.8) is 0 Å². The standard InChI is InChI=1S/C3H5.C2H6O4S.Na/c1-3-2;3-1-2-7(4,5)6;/h3H,1-2H2;3H,1-2H2,(H,4,5,6);. The molecule has 0 aromatic rings. The molecule has 6 heteroatoms. The molecule has 11 heavy (non-hydrogen) atoms. The van der Waals surface area contributed by atoms with Gasteiger partial charge in [-0.2, -0.15) is 8.42 Å². The molecule has 0 fully saturated rings. The van der Waals surface area contributed by atoms with Crippen LogP contribution in [0.4, 0.5) is 0 Å². The van der Waals surface area contributed by atoms with E-state index in [9.17, 15) is 8.42 Å². The normalized spacial score (nSPS) is 9.82. The van der Waals surface area contributed by atoms with E-state index in [-0.39, 0.29) is 0 Å². The van der Waals surface area contributed by atoms with E-state index in [0.717, 1.165) is 0 Å².